The molecule has 0 N–H and O–H groups in total. The van der Waals surface area contributed by atoms with Gasteiger partial charge in [0.1, 0.15) is 29.9 Å². The first-order chi connectivity index (χ1) is 15.0. The van der Waals surface area contributed by atoms with Crippen LogP contribution in [0.4, 0.5) is 13.6 Å². The number of Topliss-reactive ketones (excluding diaryl/α,β-unsaturated/α-hetero) is 1. The fourth-order valence-electron chi connectivity index (χ4n) is 4.28. The van der Waals surface area contributed by atoms with Crippen molar-refractivity contribution in [3.05, 3.63) is 70.8 Å². The van der Waals surface area contributed by atoms with Gasteiger partial charge in [0.05, 0.1) is 25.3 Å². The van der Waals surface area contributed by atoms with Gasteiger partial charge in [0.25, 0.3) is 0 Å². The molecule has 0 radical (unpaired) electrons. The molecule has 2 unspecified atom stereocenters. The van der Waals surface area contributed by atoms with Crippen molar-refractivity contribution >= 4 is 11.9 Å². The molecule has 6 nitrogen and oxygen atoms in total. The lowest BCUT2D eigenvalue weighted by Gasteiger charge is -2.47. The van der Waals surface area contributed by atoms with Crippen molar-refractivity contribution in [3.63, 3.8) is 0 Å². The minimum Gasteiger partial charge on any atom is -0.445 e. The maximum Gasteiger partial charge on any atom is 0.410 e. The summed E-state index contributed by atoms with van der Waals surface area (Å²) in [4.78, 5) is 27.3. The molecular weight excluding hydrogens is 406 g/mol. The smallest absolute Gasteiger partial charge is 0.410 e. The first kappa shape index (κ1) is 20.9. The molecule has 2 bridgehead atoms. The van der Waals surface area contributed by atoms with E-state index < -0.39 is 35.0 Å². The molecular formula is C23H20F2N2O4. The van der Waals surface area contributed by atoms with Gasteiger partial charge >= 0.3 is 6.09 Å². The number of ether oxygens (including phenoxy) is 2. The monoisotopic (exact) mass is 426 g/mol. The molecule has 2 atom stereocenters. The Morgan fingerprint density at radius 1 is 1.10 bits per heavy atom. The molecule has 2 fully saturated rings. The van der Waals surface area contributed by atoms with Gasteiger partial charge in [-0.25, -0.2) is 13.6 Å². The van der Waals surface area contributed by atoms with E-state index in [4.69, 9.17) is 14.7 Å². The Balaban J connectivity index is 1.46. The van der Waals surface area contributed by atoms with E-state index in [1.54, 1.807) is 4.90 Å². The molecule has 0 aromatic heterocycles. The Bertz CT molecular complexity index is 1000. The Labute approximate surface area is 178 Å². The fourth-order valence-corrected chi connectivity index (χ4v) is 4.28. The van der Waals surface area contributed by atoms with Crippen molar-refractivity contribution in [2.45, 2.75) is 31.5 Å². The number of fused-ring (bicyclic) bond motifs is 2. The number of nitrogens with zero attached hydrogens (tertiary/aromatic N) is 2. The highest BCUT2D eigenvalue weighted by atomic mass is 19.1. The number of ketones is 1. The second kappa shape index (κ2) is 8.82. The summed E-state index contributed by atoms with van der Waals surface area (Å²) in [5.41, 5.74) is 0.0445. The third-order valence-corrected chi connectivity index (χ3v) is 5.75. The van der Waals surface area contributed by atoms with E-state index in [1.165, 1.54) is 6.07 Å². The lowest BCUT2D eigenvalue weighted by molar-refractivity contribution is -0.0755. The summed E-state index contributed by atoms with van der Waals surface area (Å²) in [7, 11) is 0. The number of hydrogen-bond donors (Lipinski definition) is 0. The number of amides is 1. The van der Waals surface area contributed by atoms with Crippen LogP contribution in [0.3, 0.4) is 0 Å². The van der Waals surface area contributed by atoms with Gasteiger partial charge in [-0.3, -0.25) is 9.69 Å². The van der Waals surface area contributed by atoms with Gasteiger partial charge in [0, 0.05) is 11.5 Å². The van der Waals surface area contributed by atoms with Gasteiger partial charge < -0.3 is 9.47 Å². The first-order valence-corrected chi connectivity index (χ1v) is 9.98. The number of rotatable bonds is 4. The molecule has 0 saturated carbocycles. The third kappa shape index (κ3) is 4.28. The van der Waals surface area contributed by atoms with E-state index in [0.717, 1.165) is 17.7 Å². The minimum absolute atomic E-state index is 0.113. The lowest BCUT2D eigenvalue weighted by atomic mass is 9.80. The summed E-state index contributed by atoms with van der Waals surface area (Å²) in [5.74, 6) is -3.03. The molecule has 0 spiro atoms. The van der Waals surface area contributed by atoms with Gasteiger partial charge in [0.2, 0.25) is 0 Å². The molecule has 2 saturated heterocycles. The summed E-state index contributed by atoms with van der Waals surface area (Å²) in [6.45, 7) is 0.663. The van der Waals surface area contributed by atoms with Crippen LogP contribution in [0.15, 0.2) is 42.5 Å². The summed E-state index contributed by atoms with van der Waals surface area (Å²) < 4.78 is 38.9. The van der Waals surface area contributed by atoms with Crippen molar-refractivity contribution in [1.82, 2.24) is 4.90 Å². The number of hydrogen-bond acceptors (Lipinski definition) is 5. The molecule has 160 valence electrons. The average molecular weight is 426 g/mol. The SMILES string of the molecule is N#Cc1c(F)cc(C(=O)C2CC3COCC(C2)N3C(=O)OCc2ccccc2)cc1F. The van der Waals surface area contributed by atoms with Crippen LogP contribution in [-0.4, -0.2) is 42.1 Å². The molecule has 2 aromatic carbocycles. The van der Waals surface area contributed by atoms with E-state index in [9.17, 15) is 18.4 Å². The van der Waals surface area contributed by atoms with Crippen LogP contribution in [-0.2, 0) is 16.1 Å². The van der Waals surface area contributed by atoms with Crippen LogP contribution >= 0.6 is 0 Å². The molecule has 0 aliphatic carbocycles. The highest BCUT2D eigenvalue weighted by Crippen LogP contribution is 2.34. The predicted octanol–water partition coefficient (Wildman–Crippen LogP) is 3.84. The molecule has 1 amide bonds. The van der Waals surface area contributed by atoms with Crippen LogP contribution in [0.5, 0.6) is 0 Å². The van der Waals surface area contributed by atoms with Crippen molar-refractivity contribution in [2.75, 3.05) is 13.2 Å². The predicted molar refractivity (Wildman–Crippen MR) is 105 cm³/mol. The van der Waals surface area contributed by atoms with Crippen LogP contribution in [0.25, 0.3) is 0 Å². The number of nitriles is 1. The second-order valence-corrected chi connectivity index (χ2v) is 7.75. The molecule has 2 aromatic rings. The van der Waals surface area contributed by atoms with Crippen LogP contribution in [0.2, 0.25) is 0 Å². The number of morpholine rings is 1. The molecule has 2 aliphatic rings. The average Bonchev–Trinajstić information content (AvgIpc) is 2.76. The Hall–Kier alpha value is -3.31. The standard InChI is InChI=1S/C23H20F2N2O4/c24-20-8-16(9-21(25)19(20)10-26)22(28)15-6-17-12-30-13-18(7-15)27(17)23(29)31-11-14-4-2-1-3-5-14/h1-5,8-9,15,17-18H,6-7,11-13H2. The van der Waals surface area contributed by atoms with E-state index in [1.807, 2.05) is 30.3 Å². The normalized spacial score (nSPS) is 22.5. The van der Waals surface area contributed by atoms with Crippen LogP contribution in [0, 0.1) is 28.9 Å². The van der Waals surface area contributed by atoms with Gasteiger partial charge in [-0.15, -0.1) is 0 Å². The number of carbonyl (C=O) groups excluding carboxylic acids is 2. The quantitative estimate of drug-likeness (QED) is 0.694. The summed E-state index contributed by atoms with van der Waals surface area (Å²) in [6.07, 6.45) is 0.140. The second-order valence-electron chi connectivity index (χ2n) is 7.75. The van der Waals surface area contributed by atoms with Gasteiger partial charge in [-0.05, 0) is 30.5 Å². The van der Waals surface area contributed by atoms with Crippen molar-refractivity contribution in [1.29, 1.82) is 5.26 Å². The molecule has 31 heavy (non-hydrogen) atoms. The van der Waals surface area contributed by atoms with Crippen molar-refractivity contribution in [2.24, 2.45) is 5.92 Å². The minimum atomic E-state index is -1.06. The number of carbonyl (C=O) groups is 2. The summed E-state index contributed by atoms with van der Waals surface area (Å²) in [6, 6.07) is 11.8. The topological polar surface area (TPSA) is 79.6 Å². The molecule has 8 heteroatoms. The van der Waals surface area contributed by atoms with Crippen LogP contribution < -0.4 is 0 Å². The largest absolute Gasteiger partial charge is 0.445 e. The first-order valence-electron chi connectivity index (χ1n) is 9.98. The highest BCUT2D eigenvalue weighted by Gasteiger charge is 2.44. The van der Waals surface area contributed by atoms with Crippen molar-refractivity contribution in [3.8, 4) is 6.07 Å². The van der Waals surface area contributed by atoms with E-state index in [-0.39, 0.29) is 37.5 Å². The van der Waals surface area contributed by atoms with E-state index in [0.29, 0.717) is 12.8 Å². The fraction of sp³-hybridized carbons (Fsp3) is 0.348. The van der Waals surface area contributed by atoms with Gasteiger partial charge in [-0.2, -0.15) is 5.26 Å². The lowest BCUT2D eigenvalue weighted by Crippen LogP contribution is -2.59. The summed E-state index contributed by atoms with van der Waals surface area (Å²) >= 11 is 0. The third-order valence-electron chi connectivity index (χ3n) is 5.75. The zero-order chi connectivity index (χ0) is 22.0. The maximum atomic E-state index is 14.0. The van der Waals surface area contributed by atoms with Gasteiger partial charge in [0.15, 0.2) is 5.78 Å². The molecule has 2 aliphatic heterocycles. The molecule has 4 rings (SSSR count). The molecule has 2 heterocycles. The summed E-state index contributed by atoms with van der Waals surface area (Å²) in [5, 5.41) is 8.81. The number of benzene rings is 2. The Morgan fingerprint density at radius 3 is 2.29 bits per heavy atom. The van der Waals surface area contributed by atoms with Crippen molar-refractivity contribution < 1.29 is 27.8 Å². The maximum absolute atomic E-state index is 14.0. The Morgan fingerprint density at radius 2 is 1.71 bits per heavy atom. The van der Waals surface area contributed by atoms with Gasteiger partial charge in [-0.1, -0.05) is 30.3 Å². The Kier molecular flexibility index (Phi) is 5.96. The zero-order valence-corrected chi connectivity index (χ0v) is 16.6. The highest BCUT2D eigenvalue weighted by molar-refractivity contribution is 5.98. The number of piperidine rings is 1. The van der Waals surface area contributed by atoms with Crippen LogP contribution in [0.1, 0.15) is 34.3 Å². The van der Waals surface area contributed by atoms with E-state index >= 15 is 0 Å². The van der Waals surface area contributed by atoms with E-state index in [2.05, 4.69) is 0 Å². The zero-order valence-electron chi connectivity index (χ0n) is 16.6. The number of halogens is 2.